The van der Waals surface area contributed by atoms with Crippen molar-refractivity contribution in [3.8, 4) is 0 Å². The van der Waals surface area contributed by atoms with Crippen molar-refractivity contribution in [2.45, 2.75) is 6.92 Å². The average molecular weight is 338 g/mol. The molecule has 2 aromatic rings. The second-order valence-electron chi connectivity index (χ2n) is 4.55. The van der Waals surface area contributed by atoms with E-state index >= 15 is 0 Å². The van der Waals surface area contributed by atoms with E-state index in [0.29, 0.717) is 10.6 Å². The standard InChI is InChI=1S/C17H14ClF2NO2/c1-2-23-17(22)14(11-3-5-12(18)6-4-11)10-21-16-8-7-13(19)9-15(16)20/h3-10,21H,2H2,1H3/b14-10-. The third kappa shape index (κ3) is 4.53. The molecule has 0 bridgehead atoms. The summed E-state index contributed by atoms with van der Waals surface area (Å²) in [7, 11) is 0. The largest absolute Gasteiger partial charge is 0.462 e. The van der Waals surface area contributed by atoms with Gasteiger partial charge in [-0.15, -0.1) is 0 Å². The number of nitrogens with one attached hydrogen (secondary N) is 1. The Bertz CT molecular complexity index is 730. The summed E-state index contributed by atoms with van der Waals surface area (Å²) >= 11 is 5.83. The molecule has 0 aliphatic heterocycles. The number of carbonyl (C=O) groups is 1. The molecule has 0 unspecified atom stereocenters. The van der Waals surface area contributed by atoms with Gasteiger partial charge in [-0.2, -0.15) is 0 Å². The lowest BCUT2D eigenvalue weighted by molar-refractivity contribution is -0.136. The van der Waals surface area contributed by atoms with Crippen LogP contribution in [-0.4, -0.2) is 12.6 Å². The zero-order valence-corrected chi connectivity index (χ0v) is 13.0. The number of hydrogen-bond acceptors (Lipinski definition) is 3. The second kappa shape index (κ2) is 7.74. The van der Waals surface area contributed by atoms with Crippen molar-refractivity contribution >= 4 is 28.8 Å². The Morgan fingerprint density at radius 2 is 1.91 bits per heavy atom. The molecule has 0 aliphatic carbocycles. The number of carbonyl (C=O) groups excluding carboxylic acids is 1. The molecule has 0 aliphatic rings. The number of hydrogen-bond donors (Lipinski definition) is 1. The summed E-state index contributed by atoms with van der Waals surface area (Å²) in [6.45, 7) is 1.89. The first kappa shape index (κ1) is 17.0. The lowest BCUT2D eigenvalue weighted by atomic mass is 10.1. The van der Waals surface area contributed by atoms with Gasteiger partial charge in [0.05, 0.1) is 17.9 Å². The van der Waals surface area contributed by atoms with Crippen LogP contribution in [0.5, 0.6) is 0 Å². The minimum Gasteiger partial charge on any atom is -0.462 e. The molecule has 0 saturated carbocycles. The summed E-state index contributed by atoms with van der Waals surface area (Å²) in [4.78, 5) is 12.1. The number of benzene rings is 2. The van der Waals surface area contributed by atoms with Crippen LogP contribution in [0, 0.1) is 11.6 Å². The van der Waals surface area contributed by atoms with Crippen LogP contribution in [0.2, 0.25) is 5.02 Å². The van der Waals surface area contributed by atoms with E-state index in [0.717, 1.165) is 12.1 Å². The molecule has 2 rings (SSSR count). The van der Waals surface area contributed by atoms with Crippen LogP contribution in [0.3, 0.4) is 0 Å². The highest BCUT2D eigenvalue weighted by Crippen LogP contribution is 2.21. The number of rotatable bonds is 5. The van der Waals surface area contributed by atoms with Gasteiger partial charge in [0.25, 0.3) is 0 Å². The van der Waals surface area contributed by atoms with Crippen LogP contribution in [-0.2, 0) is 9.53 Å². The van der Waals surface area contributed by atoms with Crippen LogP contribution < -0.4 is 5.32 Å². The minimum absolute atomic E-state index is 0.0437. The first-order valence-corrected chi connectivity index (χ1v) is 7.24. The number of ether oxygens (including phenoxy) is 1. The van der Waals surface area contributed by atoms with E-state index in [1.807, 2.05) is 0 Å². The Labute approximate surface area is 137 Å². The molecule has 0 spiro atoms. The fraction of sp³-hybridized carbons (Fsp3) is 0.118. The summed E-state index contributed by atoms with van der Waals surface area (Å²) in [6.07, 6.45) is 1.32. The van der Waals surface area contributed by atoms with E-state index < -0.39 is 17.6 Å². The number of anilines is 1. The molecule has 120 valence electrons. The third-order valence-electron chi connectivity index (χ3n) is 2.95. The van der Waals surface area contributed by atoms with Gasteiger partial charge < -0.3 is 10.1 Å². The van der Waals surface area contributed by atoms with Gasteiger partial charge in [-0.1, -0.05) is 23.7 Å². The molecular formula is C17H14ClF2NO2. The highest BCUT2D eigenvalue weighted by atomic mass is 35.5. The van der Waals surface area contributed by atoms with Crippen molar-refractivity contribution in [1.82, 2.24) is 0 Å². The number of esters is 1. The topological polar surface area (TPSA) is 38.3 Å². The molecular weight excluding hydrogens is 324 g/mol. The van der Waals surface area contributed by atoms with Gasteiger partial charge in [0, 0.05) is 17.3 Å². The summed E-state index contributed by atoms with van der Waals surface area (Å²) in [5.74, 6) is -2.01. The van der Waals surface area contributed by atoms with Gasteiger partial charge in [-0.25, -0.2) is 13.6 Å². The summed E-state index contributed by atoms with van der Waals surface area (Å²) in [6, 6.07) is 9.66. The van der Waals surface area contributed by atoms with Crippen molar-refractivity contribution in [2.24, 2.45) is 0 Å². The smallest absolute Gasteiger partial charge is 0.340 e. The zero-order chi connectivity index (χ0) is 16.8. The molecule has 0 heterocycles. The van der Waals surface area contributed by atoms with E-state index in [-0.39, 0.29) is 17.9 Å². The summed E-state index contributed by atoms with van der Waals surface area (Å²) < 4.78 is 31.5. The van der Waals surface area contributed by atoms with Crippen molar-refractivity contribution in [2.75, 3.05) is 11.9 Å². The van der Waals surface area contributed by atoms with Gasteiger partial charge in [0.15, 0.2) is 0 Å². The SMILES string of the molecule is CCOC(=O)/C(=C\Nc1ccc(F)cc1F)c1ccc(Cl)cc1. The monoisotopic (exact) mass is 337 g/mol. The second-order valence-corrected chi connectivity index (χ2v) is 4.99. The molecule has 0 atom stereocenters. The van der Waals surface area contributed by atoms with Crippen LogP contribution in [0.4, 0.5) is 14.5 Å². The van der Waals surface area contributed by atoms with E-state index in [2.05, 4.69) is 5.32 Å². The van der Waals surface area contributed by atoms with E-state index in [1.165, 1.54) is 12.3 Å². The van der Waals surface area contributed by atoms with Crippen molar-refractivity contribution in [3.63, 3.8) is 0 Å². The molecule has 0 amide bonds. The summed E-state index contributed by atoms with van der Waals surface area (Å²) in [5.41, 5.74) is 0.803. The highest BCUT2D eigenvalue weighted by Gasteiger charge is 2.13. The van der Waals surface area contributed by atoms with Crippen LogP contribution >= 0.6 is 11.6 Å². The highest BCUT2D eigenvalue weighted by molar-refractivity contribution is 6.30. The molecule has 0 radical (unpaired) electrons. The third-order valence-corrected chi connectivity index (χ3v) is 3.21. The van der Waals surface area contributed by atoms with Gasteiger partial charge >= 0.3 is 5.97 Å². The fourth-order valence-corrected chi connectivity index (χ4v) is 1.98. The predicted molar refractivity (Wildman–Crippen MR) is 86.0 cm³/mol. The Morgan fingerprint density at radius 1 is 1.22 bits per heavy atom. The molecule has 0 saturated heterocycles. The van der Waals surface area contributed by atoms with Crippen molar-refractivity contribution in [1.29, 1.82) is 0 Å². The first-order chi connectivity index (χ1) is 11.0. The quantitative estimate of drug-likeness (QED) is 0.638. The number of halogens is 3. The Balaban J connectivity index is 2.32. The first-order valence-electron chi connectivity index (χ1n) is 6.86. The lowest BCUT2D eigenvalue weighted by Crippen LogP contribution is -2.09. The van der Waals surface area contributed by atoms with Crippen LogP contribution in [0.1, 0.15) is 12.5 Å². The van der Waals surface area contributed by atoms with Gasteiger partial charge in [0.1, 0.15) is 11.6 Å². The molecule has 1 N–H and O–H groups in total. The molecule has 0 aromatic heterocycles. The maximum absolute atomic E-state index is 13.6. The predicted octanol–water partition coefficient (Wildman–Crippen LogP) is 4.63. The minimum atomic E-state index is -0.763. The fourth-order valence-electron chi connectivity index (χ4n) is 1.85. The maximum atomic E-state index is 13.6. The maximum Gasteiger partial charge on any atom is 0.340 e. The zero-order valence-electron chi connectivity index (χ0n) is 12.3. The average Bonchev–Trinajstić information content (AvgIpc) is 2.51. The Hall–Kier alpha value is -2.40. The molecule has 23 heavy (non-hydrogen) atoms. The lowest BCUT2D eigenvalue weighted by Gasteiger charge is -2.09. The van der Waals surface area contributed by atoms with Crippen LogP contribution in [0.15, 0.2) is 48.7 Å². The molecule has 3 nitrogen and oxygen atoms in total. The van der Waals surface area contributed by atoms with Crippen LogP contribution in [0.25, 0.3) is 5.57 Å². The van der Waals surface area contributed by atoms with Gasteiger partial charge in [0.2, 0.25) is 0 Å². The summed E-state index contributed by atoms with van der Waals surface area (Å²) in [5, 5.41) is 3.18. The van der Waals surface area contributed by atoms with E-state index in [1.54, 1.807) is 31.2 Å². The Kier molecular flexibility index (Phi) is 5.71. The Morgan fingerprint density at radius 3 is 2.52 bits per heavy atom. The van der Waals surface area contributed by atoms with E-state index in [9.17, 15) is 13.6 Å². The normalized spacial score (nSPS) is 11.2. The molecule has 0 fully saturated rings. The van der Waals surface area contributed by atoms with Gasteiger partial charge in [-0.3, -0.25) is 0 Å². The molecule has 2 aromatic carbocycles. The van der Waals surface area contributed by atoms with Crippen molar-refractivity contribution < 1.29 is 18.3 Å². The van der Waals surface area contributed by atoms with E-state index in [4.69, 9.17) is 16.3 Å². The van der Waals surface area contributed by atoms with Crippen molar-refractivity contribution in [3.05, 3.63) is 70.9 Å². The molecule has 6 heteroatoms. The van der Waals surface area contributed by atoms with Gasteiger partial charge in [-0.05, 0) is 36.8 Å².